The third kappa shape index (κ3) is 2.93. The number of amides is 1. The maximum atomic E-state index is 13.8. The lowest BCUT2D eigenvalue weighted by Gasteiger charge is -2.24. The second kappa shape index (κ2) is 5.72. The second-order valence-corrected chi connectivity index (χ2v) is 6.18. The summed E-state index contributed by atoms with van der Waals surface area (Å²) >= 11 is 0. The fraction of sp³-hybridized carbons (Fsp3) is 0.562. The number of halogens is 2. The molecule has 0 radical (unpaired) electrons. The Kier molecular flexibility index (Phi) is 3.93. The minimum atomic E-state index is -0.599. The SMILES string of the molecule is Cc1cc(F)c(NC(=O)C2CC3CCCCC3N2)cc1F. The number of rotatable bonds is 2. The Morgan fingerprint density at radius 1 is 1.24 bits per heavy atom. The summed E-state index contributed by atoms with van der Waals surface area (Å²) in [5, 5.41) is 5.84. The van der Waals surface area contributed by atoms with E-state index in [1.54, 1.807) is 0 Å². The third-order valence-corrected chi connectivity index (χ3v) is 4.69. The van der Waals surface area contributed by atoms with Crippen LogP contribution in [-0.2, 0) is 4.79 Å². The van der Waals surface area contributed by atoms with Gasteiger partial charge in [0.05, 0.1) is 11.7 Å². The minimum Gasteiger partial charge on any atom is -0.322 e. The molecule has 0 aromatic heterocycles. The summed E-state index contributed by atoms with van der Waals surface area (Å²) in [5.74, 6) is -0.849. The molecule has 3 unspecified atom stereocenters. The van der Waals surface area contributed by atoms with Crippen LogP contribution in [0.4, 0.5) is 14.5 Å². The number of aryl methyl sites for hydroxylation is 1. The molecule has 3 atom stereocenters. The number of fused-ring (bicyclic) bond motifs is 1. The molecule has 114 valence electrons. The van der Waals surface area contributed by atoms with Gasteiger partial charge in [-0.2, -0.15) is 0 Å². The highest BCUT2D eigenvalue weighted by atomic mass is 19.1. The van der Waals surface area contributed by atoms with Crippen LogP contribution in [0.1, 0.15) is 37.7 Å². The summed E-state index contributed by atoms with van der Waals surface area (Å²) in [7, 11) is 0. The van der Waals surface area contributed by atoms with Crippen LogP contribution in [-0.4, -0.2) is 18.0 Å². The van der Waals surface area contributed by atoms with E-state index in [-0.39, 0.29) is 23.2 Å². The fourth-order valence-electron chi connectivity index (χ4n) is 3.48. The number of carbonyl (C=O) groups is 1. The van der Waals surface area contributed by atoms with Gasteiger partial charge in [-0.15, -0.1) is 0 Å². The van der Waals surface area contributed by atoms with Crippen LogP contribution in [0, 0.1) is 24.5 Å². The molecule has 1 saturated carbocycles. The van der Waals surface area contributed by atoms with E-state index in [0.717, 1.165) is 31.4 Å². The summed E-state index contributed by atoms with van der Waals surface area (Å²) < 4.78 is 27.3. The molecule has 3 nitrogen and oxygen atoms in total. The summed E-state index contributed by atoms with van der Waals surface area (Å²) in [4.78, 5) is 12.2. The van der Waals surface area contributed by atoms with Crippen molar-refractivity contribution in [1.29, 1.82) is 0 Å². The van der Waals surface area contributed by atoms with Crippen molar-refractivity contribution in [2.45, 2.75) is 51.1 Å². The third-order valence-electron chi connectivity index (χ3n) is 4.69. The summed E-state index contributed by atoms with van der Waals surface area (Å²) in [6, 6.07) is 2.24. The van der Waals surface area contributed by atoms with Crippen LogP contribution >= 0.6 is 0 Å². The van der Waals surface area contributed by atoms with Crippen molar-refractivity contribution in [1.82, 2.24) is 5.32 Å². The Labute approximate surface area is 123 Å². The molecular formula is C16H20F2N2O. The first-order valence-electron chi connectivity index (χ1n) is 7.57. The second-order valence-electron chi connectivity index (χ2n) is 6.18. The first kappa shape index (κ1) is 14.4. The maximum absolute atomic E-state index is 13.8. The zero-order valence-electron chi connectivity index (χ0n) is 12.1. The molecule has 1 aromatic carbocycles. The molecule has 0 bridgehead atoms. The predicted octanol–water partition coefficient (Wildman–Crippen LogP) is 3.13. The topological polar surface area (TPSA) is 41.1 Å². The molecular weight excluding hydrogens is 274 g/mol. The molecule has 1 aliphatic heterocycles. The van der Waals surface area contributed by atoms with E-state index in [1.807, 2.05) is 0 Å². The normalized spacial score (nSPS) is 28.2. The highest BCUT2D eigenvalue weighted by Crippen LogP contribution is 2.33. The van der Waals surface area contributed by atoms with Crippen LogP contribution in [0.15, 0.2) is 12.1 Å². The average Bonchev–Trinajstić information content (AvgIpc) is 2.88. The van der Waals surface area contributed by atoms with Crippen LogP contribution in [0.2, 0.25) is 0 Å². The number of hydrogen-bond donors (Lipinski definition) is 2. The van der Waals surface area contributed by atoms with Gasteiger partial charge in [0.2, 0.25) is 5.91 Å². The van der Waals surface area contributed by atoms with Crippen molar-refractivity contribution in [3.63, 3.8) is 0 Å². The van der Waals surface area contributed by atoms with E-state index in [2.05, 4.69) is 10.6 Å². The monoisotopic (exact) mass is 294 g/mol. The van der Waals surface area contributed by atoms with E-state index in [1.165, 1.54) is 19.8 Å². The number of anilines is 1. The summed E-state index contributed by atoms with van der Waals surface area (Å²) in [5.41, 5.74) is 0.148. The first-order chi connectivity index (χ1) is 10.0. The Balaban J connectivity index is 1.68. The summed E-state index contributed by atoms with van der Waals surface area (Å²) in [6.07, 6.45) is 5.44. The lowest BCUT2D eigenvalue weighted by Crippen LogP contribution is -2.40. The molecule has 2 N–H and O–H groups in total. The molecule has 3 rings (SSSR count). The first-order valence-corrected chi connectivity index (χ1v) is 7.57. The number of benzene rings is 1. The van der Waals surface area contributed by atoms with Gasteiger partial charge in [0.25, 0.3) is 0 Å². The van der Waals surface area contributed by atoms with Gasteiger partial charge in [-0.05, 0) is 43.7 Å². The van der Waals surface area contributed by atoms with Gasteiger partial charge in [-0.1, -0.05) is 12.8 Å². The Hall–Kier alpha value is -1.49. The zero-order chi connectivity index (χ0) is 15.0. The number of nitrogens with one attached hydrogen (secondary N) is 2. The average molecular weight is 294 g/mol. The number of carbonyl (C=O) groups excluding carboxylic acids is 1. The number of hydrogen-bond acceptors (Lipinski definition) is 2. The van der Waals surface area contributed by atoms with Gasteiger partial charge >= 0.3 is 0 Å². The molecule has 1 amide bonds. The fourth-order valence-corrected chi connectivity index (χ4v) is 3.48. The molecule has 5 heteroatoms. The molecule has 2 aliphatic rings. The van der Waals surface area contributed by atoms with Gasteiger partial charge in [0, 0.05) is 12.1 Å². The van der Waals surface area contributed by atoms with E-state index >= 15 is 0 Å². The van der Waals surface area contributed by atoms with Crippen LogP contribution < -0.4 is 10.6 Å². The molecule has 21 heavy (non-hydrogen) atoms. The zero-order valence-corrected chi connectivity index (χ0v) is 12.1. The van der Waals surface area contributed by atoms with Gasteiger partial charge in [0.15, 0.2) is 0 Å². The Bertz CT molecular complexity index is 547. The van der Waals surface area contributed by atoms with Gasteiger partial charge < -0.3 is 10.6 Å². The van der Waals surface area contributed by atoms with Crippen LogP contribution in [0.5, 0.6) is 0 Å². The molecule has 1 heterocycles. The van der Waals surface area contributed by atoms with E-state index < -0.39 is 11.6 Å². The highest BCUT2D eigenvalue weighted by molar-refractivity contribution is 5.95. The predicted molar refractivity (Wildman–Crippen MR) is 77.0 cm³/mol. The standard InChI is InChI=1S/C16H20F2N2O/c1-9-6-12(18)14(8-11(9)17)20-16(21)15-7-10-4-2-3-5-13(10)19-15/h6,8,10,13,15,19H,2-5,7H2,1H3,(H,20,21). The van der Waals surface area contributed by atoms with Gasteiger partial charge in [-0.3, -0.25) is 4.79 Å². The van der Waals surface area contributed by atoms with Crippen molar-refractivity contribution < 1.29 is 13.6 Å². The molecule has 1 saturated heterocycles. The quantitative estimate of drug-likeness (QED) is 0.880. The smallest absolute Gasteiger partial charge is 0.241 e. The van der Waals surface area contributed by atoms with Crippen molar-refractivity contribution >= 4 is 11.6 Å². The van der Waals surface area contributed by atoms with Crippen LogP contribution in [0.3, 0.4) is 0 Å². The lowest BCUT2D eigenvalue weighted by molar-refractivity contribution is -0.117. The highest BCUT2D eigenvalue weighted by Gasteiger charge is 2.38. The lowest BCUT2D eigenvalue weighted by atomic mass is 9.85. The Morgan fingerprint density at radius 2 is 2.00 bits per heavy atom. The summed E-state index contributed by atoms with van der Waals surface area (Å²) in [6.45, 7) is 1.49. The van der Waals surface area contributed by atoms with Crippen molar-refractivity contribution in [3.05, 3.63) is 29.3 Å². The van der Waals surface area contributed by atoms with Gasteiger partial charge in [-0.25, -0.2) is 8.78 Å². The van der Waals surface area contributed by atoms with Crippen LogP contribution in [0.25, 0.3) is 0 Å². The van der Waals surface area contributed by atoms with Gasteiger partial charge in [0.1, 0.15) is 11.6 Å². The molecule has 2 fully saturated rings. The Morgan fingerprint density at radius 3 is 2.76 bits per heavy atom. The largest absolute Gasteiger partial charge is 0.322 e. The molecule has 1 aromatic rings. The van der Waals surface area contributed by atoms with Crippen molar-refractivity contribution in [2.24, 2.45) is 5.92 Å². The molecule has 1 aliphatic carbocycles. The van der Waals surface area contributed by atoms with E-state index in [0.29, 0.717) is 12.0 Å². The molecule has 0 spiro atoms. The minimum absolute atomic E-state index is 0.0835. The van der Waals surface area contributed by atoms with Crippen molar-refractivity contribution in [2.75, 3.05) is 5.32 Å². The van der Waals surface area contributed by atoms with Crippen molar-refractivity contribution in [3.8, 4) is 0 Å². The van der Waals surface area contributed by atoms with E-state index in [4.69, 9.17) is 0 Å². The van der Waals surface area contributed by atoms with E-state index in [9.17, 15) is 13.6 Å². The maximum Gasteiger partial charge on any atom is 0.241 e.